The minimum atomic E-state index is -4.24. The van der Waals surface area contributed by atoms with Crippen LogP contribution in [0.4, 0.5) is 15.8 Å². The number of carbonyl (C=O) groups is 1. The summed E-state index contributed by atoms with van der Waals surface area (Å²) in [5, 5.41) is 4.93. The number of hydrogen-bond donors (Lipinski definition) is 1. The van der Waals surface area contributed by atoms with Crippen LogP contribution in [0.1, 0.15) is 11.1 Å². The van der Waals surface area contributed by atoms with Crippen molar-refractivity contribution in [1.29, 1.82) is 0 Å². The molecule has 37 heavy (non-hydrogen) atoms. The predicted molar refractivity (Wildman–Crippen MR) is 140 cm³/mol. The number of rotatable bonds is 8. The van der Waals surface area contributed by atoms with Gasteiger partial charge < -0.3 is 14.8 Å². The van der Waals surface area contributed by atoms with Crippen LogP contribution in [0.3, 0.4) is 0 Å². The van der Waals surface area contributed by atoms with E-state index >= 15 is 0 Å². The molecule has 0 saturated carbocycles. The number of nitrogens with one attached hydrogen (secondary N) is 1. The van der Waals surface area contributed by atoms with Crippen LogP contribution in [-0.2, 0) is 27.7 Å². The zero-order valence-corrected chi connectivity index (χ0v) is 21.1. The summed E-state index contributed by atoms with van der Waals surface area (Å²) in [6.07, 6.45) is 1.90. The number of carbonyl (C=O) groups excluding carboxylic acids is 1. The lowest BCUT2D eigenvalue weighted by Gasteiger charge is -2.24. The number of hydrogen-bond acceptors (Lipinski definition) is 5. The quantitative estimate of drug-likeness (QED) is 0.356. The molecule has 9 heteroatoms. The Bertz CT molecular complexity index is 1590. The van der Waals surface area contributed by atoms with Crippen molar-refractivity contribution in [1.82, 2.24) is 0 Å². The zero-order chi connectivity index (χ0) is 26.2. The van der Waals surface area contributed by atoms with Crippen molar-refractivity contribution in [2.24, 2.45) is 0 Å². The third-order valence-corrected chi connectivity index (χ3v) is 8.27. The molecular weight excluding hydrogens is 495 g/mol. The maximum Gasteiger partial charge on any atom is 0.264 e. The SMILES string of the molecule is COc1ccc(S(=O)(=O)N(CC(=O)Nc2ccc3c4c(cccc24)CC3)c2ccc(F)cc2)cc1OC. The second-order valence-electron chi connectivity index (χ2n) is 8.67. The summed E-state index contributed by atoms with van der Waals surface area (Å²) < 4.78 is 52.5. The Morgan fingerprint density at radius 1 is 0.919 bits per heavy atom. The first-order chi connectivity index (χ1) is 17.8. The maximum absolute atomic E-state index is 13.7. The first kappa shape index (κ1) is 24.6. The number of nitrogens with zero attached hydrogens (tertiary/aromatic N) is 1. The minimum absolute atomic E-state index is 0.104. The summed E-state index contributed by atoms with van der Waals surface area (Å²) in [6.45, 7) is -0.523. The first-order valence-corrected chi connectivity index (χ1v) is 13.1. The summed E-state index contributed by atoms with van der Waals surface area (Å²) in [6, 6.07) is 18.9. The molecule has 190 valence electrons. The van der Waals surface area contributed by atoms with Crippen molar-refractivity contribution in [3.8, 4) is 11.5 Å². The Kier molecular flexibility index (Phi) is 6.47. The van der Waals surface area contributed by atoms with Gasteiger partial charge in [0.05, 0.1) is 24.8 Å². The second kappa shape index (κ2) is 9.74. The molecule has 0 atom stereocenters. The third-order valence-electron chi connectivity index (χ3n) is 6.50. The van der Waals surface area contributed by atoms with Gasteiger partial charge in [-0.15, -0.1) is 0 Å². The number of ether oxygens (including phenoxy) is 2. The molecule has 0 spiro atoms. The molecule has 0 unspecified atom stereocenters. The molecule has 0 fully saturated rings. The maximum atomic E-state index is 13.7. The Morgan fingerprint density at radius 2 is 1.62 bits per heavy atom. The summed E-state index contributed by atoms with van der Waals surface area (Å²) in [5.74, 6) is -0.476. The highest BCUT2D eigenvalue weighted by atomic mass is 32.2. The summed E-state index contributed by atoms with van der Waals surface area (Å²) in [5.41, 5.74) is 3.21. The largest absolute Gasteiger partial charge is 0.493 e. The van der Waals surface area contributed by atoms with Crippen LogP contribution in [0, 0.1) is 5.82 Å². The van der Waals surface area contributed by atoms with E-state index < -0.39 is 28.3 Å². The fourth-order valence-electron chi connectivity index (χ4n) is 4.70. The van der Waals surface area contributed by atoms with E-state index in [-0.39, 0.29) is 16.3 Å². The van der Waals surface area contributed by atoms with E-state index in [2.05, 4.69) is 11.4 Å². The van der Waals surface area contributed by atoms with E-state index in [0.717, 1.165) is 40.1 Å². The van der Waals surface area contributed by atoms with Gasteiger partial charge in [-0.25, -0.2) is 12.8 Å². The average molecular weight is 521 g/mol. The lowest BCUT2D eigenvalue weighted by molar-refractivity contribution is -0.114. The van der Waals surface area contributed by atoms with E-state index in [1.165, 1.54) is 55.7 Å². The number of methoxy groups -OCH3 is 2. The van der Waals surface area contributed by atoms with Gasteiger partial charge in [0.1, 0.15) is 12.4 Å². The van der Waals surface area contributed by atoms with E-state index in [0.29, 0.717) is 11.4 Å². The highest BCUT2D eigenvalue weighted by Gasteiger charge is 2.29. The van der Waals surface area contributed by atoms with E-state index in [9.17, 15) is 17.6 Å². The molecule has 0 radical (unpaired) electrons. The molecule has 0 bridgehead atoms. The van der Waals surface area contributed by atoms with Crippen LogP contribution in [-0.4, -0.2) is 35.1 Å². The Morgan fingerprint density at radius 3 is 2.32 bits per heavy atom. The van der Waals surface area contributed by atoms with Crippen molar-refractivity contribution < 1.29 is 27.1 Å². The topological polar surface area (TPSA) is 84.9 Å². The molecule has 7 nitrogen and oxygen atoms in total. The lowest BCUT2D eigenvalue weighted by atomic mass is 10.0. The number of halogens is 1. The normalized spacial score (nSPS) is 12.4. The van der Waals surface area contributed by atoms with Crippen molar-refractivity contribution in [2.45, 2.75) is 17.7 Å². The van der Waals surface area contributed by atoms with Crippen LogP contribution in [0.25, 0.3) is 10.8 Å². The fraction of sp³-hybridized carbons (Fsp3) is 0.179. The smallest absolute Gasteiger partial charge is 0.264 e. The van der Waals surface area contributed by atoms with Gasteiger partial charge in [0.25, 0.3) is 10.0 Å². The molecule has 4 aromatic rings. The number of aryl methyl sites for hydroxylation is 2. The van der Waals surface area contributed by atoms with E-state index in [1.807, 2.05) is 24.3 Å². The monoisotopic (exact) mass is 520 g/mol. The molecule has 1 aliphatic carbocycles. The van der Waals surface area contributed by atoms with Gasteiger partial charge in [0.2, 0.25) is 5.91 Å². The number of anilines is 2. The molecule has 1 aliphatic rings. The van der Waals surface area contributed by atoms with Crippen LogP contribution in [0.5, 0.6) is 11.5 Å². The third kappa shape index (κ3) is 4.58. The standard InChI is InChI=1S/C28H25FN2O5S/c1-35-25-15-13-22(16-26(25)36-2)37(33,34)31(21-11-9-20(29)10-12-21)17-27(32)30-24-14-8-19-7-6-18-4-3-5-23(24)28(18)19/h3-5,8-16H,6-7,17H2,1-2H3,(H,30,32). The molecule has 0 aliphatic heterocycles. The summed E-state index contributed by atoms with van der Waals surface area (Å²) in [7, 11) is -1.40. The molecule has 1 N–H and O–H groups in total. The van der Waals surface area contributed by atoms with Gasteiger partial charge >= 0.3 is 0 Å². The van der Waals surface area contributed by atoms with Gasteiger partial charge in [-0.1, -0.05) is 24.3 Å². The molecule has 0 saturated heterocycles. The highest BCUT2D eigenvalue weighted by molar-refractivity contribution is 7.92. The first-order valence-electron chi connectivity index (χ1n) is 11.7. The minimum Gasteiger partial charge on any atom is -0.493 e. The van der Waals surface area contributed by atoms with Gasteiger partial charge in [0, 0.05) is 17.1 Å². The van der Waals surface area contributed by atoms with E-state index in [1.54, 1.807) is 0 Å². The Labute approximate surface area is 214 Å². The van der Waals surface area contributed by atoms with Gasteiger partial charge in [-0.2, -0.15) is 0 Å². The number of sulfonamides is 1. The molecule has 0 aromatic heterocycles. The van der Waals surface area contributed by atoms with Crippen molar-refractivity contribution in [3.63, 3.8) is 0 Å². The highest BCUT2D eigenvalue weighted by Crippen LogP contribution is 2.35. The Hall–Kier alpha value is -4.11. The van der Waals surface area contributed by atoms with Crippen molar-refractivity contribution in [3.05, 3.63) is 89.7 Å². The van der Waals surface area contributed by atoms with Gasteiger partial charge in [-0.3, -0.25) is 9.10 Å². The number of benzene rings is 4. The summed E-state index contributed by atoms with van der Waals surface area (Å²) >= 11 is 0. The predicted octanol–water partition coefficient (Wildman–Crippen LogP) is 4.93. The molecule has 5 rings (SSSR count). The van der Waals surface area contributed by atoms with Gasteiger partial charge in [-0.05, 0) is 71.8 Å². The fourth-order valence-corrected chi connectivity index (χ4v) is 6.14. The van der Waals surface area contributed by atoms with Crippen LogP contribution >= 0.6 is 0 Å². The van der Waals surface area contributed by atoms with Crippen LogP contribution < -0.4 is 19.1 Å². The van der Waals surface area contributed by atoms with E-state index in [4.69, 9.17) is 9.47 Å². The van der Waals surface area contributed by atoms with Crippen molar-refractivity contribution in [2.75, 3.05) is 30.4 Å². The van der Waals surface area contributed by atoms with Gasteiger partial charge in [0.15, 0.2) is 11.5 Å². The molecule has 4 aromatic carbocycles. The average Bonchev–Trinajstić information content (AvgIpc) is 3.33. The molecule has 1 amide bonds. The van der Waals surface area contributed by atoms with Crippen LogP contribution in [0.15, 0.2) is 77.7 Å². The molecule has 0 heterocycles. The second-order valence-corrected chi connectivity index (χ2v) is 10.5. The molecular formula is C28H25FN2O5S. The lowest BCUT2D eigenvalue weighted by Crippen LogP contribution is -2.38. The number of amides is 1. The zero-order valence-electron chi connectivity index (χ0n) is 20.3. The Balaban J connectivity index is 1.50. The van der Waals surface area contributed by atoms with Crippen LogP contribution in [0.2, 0.25) is 0 Å². The van der Waals surface area contributed by atoms with Crippen molar-refractivity contribution >= 4 is 38.1 Å². The summed E-state index contributed by atoms with van der Waals surface area (Å²) in [4.78, 5) is 13.2.